The molecular formula is C23H29F3N4O. The van der Waals surface area contributed by atoms with E-state index in [9.17, 15) is 18.0 Å². The summed E-state index contributed by atoms with van der Waals surface area (Å²) in [6, 6.07) is 5.16. The third-order valence-corrected chi connectivity index (χ3v) is 6.53. The first-order valence-corrected chi connectivity index (χ1v) is 10.9. The minimum atomic E-state index is -4.38. The first kappa shape index (κ1) is 21.9. The first-order chi connectivity index (χ1) is 14.7. The lowest BCUT2D eigenvalue weighted by atomic mass is 9.93. The normalized spacial score (nSPS) is 19.4. The molecule has 2 aromatic rings. The van der Waals surface area contributed by atoms with E-state index in [1.54, 1.807) is 12.3 Å². The highest BCUT2D eigenvalue weighted by Gasteiger charge is 2.40. The second-order valence-corrected chi connectivity index (χ2v) is 8.78. The highest BCUT2D eigenvalue weighted by atomic mass is 19.4. The third-order valence-electron chi connectivity index (χ3n) is 6.53. The summed E-state index contributed by atoms with van der Waals surface area (Å²) in [5.41, 5.74) is -0.120. The van der Waals surface area contributed by atoms with Crippen LogP contribution in [0.4, 0.5) is 13.2 Å². The van der Waals surface area contributed by atoms with Crippen LogP contribution < -0.4 is 0 Å². The highest BCUT2D eigenvalue weighted by Crippen LogP contribution is 2.38. The van der Waals surface area contributed by atoms with Crippen LogP contribution in [0.2, 0.25) is 0 Å². The number of imidazole rings is 1. The summed E-state index contributed by atoms with van der Waals surface area (Å²) >= 11 is 0. The molecule has 1 unspecified atom stereocenters. The Bertz CT molecular complexity index is 914. The molecule has 5 nitrogen and oxygen atoms in total. The number of aromatic nitrogens is 2. The minimum Gasteiger partial charge on any atom is -0.337 e. The number of carbonyl (C=O) groups excluding carboxylic acids is 1. The molecule has 2 aliphatic rings. The maximum atomic E-state index is 13.4. The number of hydrogen-bond donors (Lipinski definition) is 0. The molecule has 2 heterocycles. The number of rotatable bonds is 6. The van der Waals surface area contributed by atoms with Crippen LogP contribution in [0.1, 0.15) is 55.6 Å². The molecule has 1 saturated heterocycles. The molecule has 8 heteroatoms. The molecule has 31 heavy (non-hydrogen) atoms. The van der Waals surface area contributed by atoms with E-state index in [-0.39, 0.29) is 23.9 Å². The number of aryl methyl sites for hydroxylation is 1. The van der Waals surface area contributed by atoms with Gasteiger partial charge < -0.3 is 9.47 Å². The van der Waals surface area contributed by atoms with Crippen molar-refractivity contribution in [1.82, 2.24) is 19.4 Å². The van der Waals surface area contributed by atoms with Gasteiger partial charge in [0.2, 0.25) is 5.91 Å². The van der Waals surface area contributed by atoms with E-state index in [2.05, 4.69) is 9.88 Å². The summed E-state index contributed by atoms with van der Waals surface area (Å²) < 4.78 is 41.5. The second-order valence-electron chi connectivity index (χ2n) is 8.78. The number of likely N-dealkylation sites (tertiary alicyclic amines) is 1. The maximum Gasteiger partial charge on any atom is 0.416 e. The standard InChI is InChI=1S/C23H29F3N4O/c1-16(18-4-3-5-19(14-18)23(24,25)26)30(20-6-7-20)22(31)17-8-11-29(12-9-17)15-21-27-10-13-28(21)2/h3-5,10,13-14,16-17,20H,6-9,11-12,15H2,1-2H3. The molecule has 1 aliphatic heterocycles. The topological polar surface area (TPSA) is 41.4 Å². The molecule has 168 valence electrons. The van der Waals surface area contributed by atoms with Crippen molar-refractivity contribution < 1.29 is 18.0 Å². The van der Waals surface area contributed by atoms with Gasteiger partial charge in [0.1, 0.15) is 5.82 Å². The number of carbonyl (C=O) groups is 1. The number of piperidine rings is 1. The fourth-order valence-electron chi connectivity index (χ4n) is 4.47. The molecule has 0 bridgehead atoms. The van der Waals surface area contributed by atoms with Gasteiger partial charge in [0.15, 0.2) is 0 Å². The van der Waals surface area contributed by atoms with E-state index in [0.29, 0.717) is 5.56 Å². The lowest BCUT2D eigenvalue weighted by Crippen LogP contribution is -2.44. The zero-order valence-corrected chi connectivity index (χ0v) is 18.0. The highest BCUT2D eigenvalue weighted by molar-refractivity contribution is 5.80. The predicted molar refractivity (Wildman–Crippen MR) is 111 cm³/mol. The molecule has 1 saturated carbocycles. The van der Waals surface area contributed by atoms with E-state index in [4.69, 9.17) is 0 Å². The van der Waals surface area contributed by atoms with Crippen molar-refractivity contribution in [2.45, 2.75) is 57.4 Å². The summed E-state index contributed by atoms with van der Waals surface area (Å²) in [4.78, 5) is 22.0. The number of halogens is 3. The van der Waals surface area contributed by atoms with Gasteiger partial charge in [-0.05, 0) is 63.4 Å². The number of hydrogen-bond acceptors (Lipinski definition) is 3. The van der Waals surface area contributed by atoms with Gasteiger partial charge >= 0.3 is 6.18 Å². The van der Waals surface area contributed by atoms with E-state index < -0.39 is 11.7 Å². The Labute approximate surface area is 180 Å². The number of nitrogens with zero attached hydrogens (tertiary/aromatic N) is 4. The van der Waals surface area contributed by atoms with Gasteiger partial charge in [0.25, 0.3) is 0 Å². The fraction of sp³-hybridized carbons (Fsp3) is 0.565. The van der Waals surface area contributed by atoms with Crippen molar-refractivity contribution in [3.63, 3.8) is 0 Å². The zero-order valence-electron chi connectivity index (χ0n) is 18.0. The summed E-state index contributed by atoms with van der Waals surface area (Å²) in [5.74, 6) is 1.01. The van der Waals surface area contributed by atoms with Crippen LogP contribution in [-0.2, 0) is 24.6 Å². The third kappa shape index (κ3) is 4.95. The number of benzene rings is 1. The monoisotopic (exact) mass is 434 g/mol. The molecule has 4 rings (SSSR count). The molecule has 1 atom stereocenters. The molecule has 0 spiro atoms. The smallest absolute Gasteiger partial charge is 0.337 e. The molecular weight excluding hydrogens is 405 g/mol. The minimum absolute atomic E-state index is 0.0773. The Morgan fingerprint density at radius 2 is 1.94 bits per heavy atom. The molecule has 1 aromatic heterocycles. The quantitative estimate of drug-likeness (QED) is 0.677. The van der Waals surface area contributed by atoms with Crippen molar-refractivity contribution >= 4 is 5.91 Å². The first-order valence-electron chi connectivity index (χ1n) is 10.9. The van der Waals surface area contributed by atoms with Crippen LogP contribution in [0.25, 0.3) is 0 Å². The second kappa shape index (κ2) is 8.65. The van der Waals surface area contributed by atoms with Crippen molar-refractivity contribution in [3.05, 3.63) is 53.6 Å². The summed E-state index contributed by atoms with van der Waals surface area (Å²) in [6.07, 6.45) is 2.70. The Balaban J connectivity index is 1.42. The van der Waals surface area contributed by atoms with Crippen LogP contribution >= 0.6 is 0 Å². The van der Waals surface area contributed by atoms with Crippen molar-refractivity contribution in [2.24, 2.45) is 13.0 Å². The largest absolute Gasteiger partial charge is 0.416 e. The van der Waals surface area contributed by atoms with Gasteiger partial charge in [0.05, 0.1) is 18.2 Å². The summed E-state index contributed by atoms with van der Waals surface area (Å²) in [7, 11) is 1.97. The Hall–Kier alpha value is -2.35. The van der Waals surface area contributed by atoms with Crippen LogP contribution in [0, 0.1) is 5.92 Å². The zero-order chi connectivity index (χ0) is 22.2. The maximum absolute atomic E-state index is 13.4. The Morgan fingerprint density at radius 1 is 1.23 bits per heavy atom. The molecule has 2 fully saturated rings. The van der Waals surface area contributed by atoms with E-state index in [1.807, 2.05) is 29.6 Å². The molecule has 1 amide bonds. The van der Waals surface area contributed by atoms with Crippen LogP contribution in [0.3, 0.4) is 0 Å². The summed E-state index contributed by atoms with van der Waals surface area (Å²) in [5, 5.41) is 0. The Kier molecular flexibility index (Phi) is 6.10. The van der Waals surface area contributed by atoms with Gasteiger partial charge in [-0.15, -0.1) is 0 Å². The molecule has 0 radical (unpaired) electrons. The summed E-state index contributed by atoms with van der Waals surface area (Å²) in [6.45, 7) is 4.25. The van der Waals surface area contributed by atoms with Gasteiger partial charge in [-0.3, -0.25) is 9.69 Å². The predicted octanol–water partition coefficient (Wildman–Crippen LogP) is 4.40. The molecule has 0 N–H and O–H groups in total. The van der Waals surface area contributed by atoms with Crippen molar-refractivity contribution in [1.29, 1.82) is 0 Å². The Morgan fingerprint density at radius 3 is 2.52 bits per heavy atom. The average Bonchev–Trinajstić information content (AvgIpc) is 3.50. The SMILES string of the molecule is CC(c1cccc(C(F)(F)F)c1)N(C(=O)C1CCN(Cc2nccn2C)CC1)C1CC1. The van der Waals surface area contributed by atoms with E-state index in [1.165, 1.54) is 12.1 Å². The van der Waals surface area contributed by atoms with Crippen molar-refractivity contribution in [2.75, 3.05) is 13.1 Å². The lowest BCUT2D eigenvalue weighted by Gasteiger charge is -2.37. The van der Waals surface area contributed by atoms with E-state index >= 15 is 0 Å². The van der Waals surface area contributed by atoms with Crippen molar-refractivity contribution in [3.8, 4) is 0 Å². The van der Waals surface area contributed by atoms with Gasteiger partial charge in [0, 0.05) is 31.4 Å². The fourth-order valence-corrected chi connectivity index (χ4v) is 4.47. The van der Waals surface area contributed by atoms with Crippen LogP contribution in [0.15, 0.2) is 36.7 Å². The molecule has 1 aromatic carbocycles. The van der Waals surface area contributed by atoms with Gasteiger partial charge in [-0.1, -0.05) is 12.1 Å². The number of alkyl halides is 3. The van der Waals surface area contributed by atoms with Gasteiger partial charge in [-0.25, -0.2) is 4.98 Å². The van der Waals surface area contributed by atoms with Crippen LogP contribution in [-0.4, -0.2) is 44.4 Å². The molecule has 1 aliphatic carbocycles. The van der Waals surface area contributed by atoms with E-state index in [0.717, 1.165) is 57.2 Å². The van der Waals surface area contributed by atoms with Gasteiger partial charge in [-0.2, -0.15) is 13.2 Å². The average molecular weight is 435 g/mol. The number of amides is 1. The lowest BCUT2D eigenvalue weighted by molar-refractivity contribution is -0.140. The van der Waals surface area contributed by atoms with Crippen LogP contribution in [0.5, 0.6) is 0 Å².